The lowest BCUT2D eigenvalue weighted by Crippen LogP contribution is -2.28. The van der Waals surface area contributed by atoms with Crippen LogP contribution in [0.4, 0.5) is 0 Å². The van der Waals surface area contributed by atoms with Crippen molar-refractivity contribution >= 4 is 12.2 Å². The molecule has 1 atom stereocenters. The van der Waals surface area contributed by atoms with E-state index < -0.39 is 5.60 Å². The summed E-state index contributed by atoms with van der Waals surface area (Å²) < 4.78 is 17.2. The third-order valence-corrected chi connectivity index (χ3v) is 8.74. The molecule has 0 unspecified atom stereocenters. The number of ether oxygens (including phenoxy) is 2. The van der Waals surface area contributed by atoms with Gasteiger partial charge in [0.2, 0.25) is 0 Å². The number of carbonyl (C=O) groups is 1. The zero-order valence-electron chi connectivity index (χ0n) is 30.2. The number of esters is 1. The fraction of sp³-hybridized carbons (Fsp3) is 0.718. The highest BCUT2D eigenvalue weighted by molar-refractivity contribution is 5.70. The Morgan fingerprint density at radius 3 is 2.15 bits per heavy atom. The number of hydrogen-bond donors (Lipinski definition) is 1. The summed E-state index contributed by atoms with van der Waals surface area (Å²) in [6.07, 6.45) is 10.9. The molecule has 0 saturated heterocycles. The van der Waals surface area contributed by atoms with E-state index in [1.165, 1.54) is 38.5 Å². The molecule has 7 heteroatoms. The van der Waals surface area contributed by atoms with Crippen LogP contribution >= 0.6 is 0 Å². The summed E-state index contributed by atoms with van der Waals surface area (Å²) in [6, 6.07) is 12.2. The third kappa shape index (κ3) is 14.4. The van der Waals surface area contributed by atoms with Crippen molar-refractivity contribution in [1.29, 1.82) is 0 Å². The molecule has 1 aromatic heterocycles. The first-order valence-corrected chi connectivity index (χ1v) is 17.5. The summed E-state index contributed by atoms with van der Waals surface area (Å²) in [6.45, 7) is 20.7. The molecule has 0 radical (unpaired) electrons. The molecule has 1 aromatic carbocycles. The standard InChI is InChI=1S/C29H43NO4.C10H19NO/c1-28(2,3)19-22-15-24(16-22)25-18-26(34-30-25)23(17-27(31)33-29(4,5)6)13-10-14-32-20-21-11-8-7-9-12-21;1-10(2,3)6-8-4-9(5-8)7-11-12/h7-9,11-12,18,22-24H,10,13-17,19-20H2,1-6H3;7-9,12H,4-6H2,1-3H3/b;11-7+/t22?,23-,24?;/m0./s1. The highest BCUT2D eigenvalue weighted by atomic mass is 16.6. The lowest BCUT2D eigenvalue weighted by atomic mass is 9.67. The van der Waals surface area contributed by atoms with Crippen molar-refractivity contribution in [1.82, 2.24) is 5.16 Å². The van der Waals surface area contributed by atoms with E-state index >= 15 is 0 Å². The van der Waals surface area contributed by atoms with Gasteiger partial charge in [-0.25, -0.2) is 0 Å². The highest BCUT2D eigenvalue weighted by Gasteiger charge is 2.35. The molecule has 1 N–H and O–H groups in total. The Balaban J connectivity index is 0.000000402. The smallest absolute Gasteiger partial charge is 0.307 e. The van der Waals surface area contributed by atoms with E-state index in [9.17, 15) is 4.79 Å². The van der Waals surface area contributed by atoms with Crippen molar-refractivity contribution in [3.63, 3.8) is 0 Å². The average molecular weight is 639 g/mol. The van der Waals surface area contributed by atoms with Crippen molar-refractivity contribution in [3.05, 3.63) is 53.4 Å². The predicted molar refractivity (Wildman–Crippen MR) is 185 cm³/mol. The van der Waals surface area contributed by atoms with E-state index in [1.54, 1.807) is 6.21 Å². The molecule has 0 bridgehead atoms. The lowest BCUT2D eigenvalue weighted by molar-refractivity contribution is -0.155. The molecule has 1 heterocycles. The van der Waals surface area contributed by atoms with Gasteiger partial charge in [0.05, 0.1) is 18.7 Å². The van der Waals surface area contributed by atoms with Crippen LogP contribution in [0.5, 0.6) is 0 Å². The van der Waals surface area contributed by atoms with Gasteiger partial charge >= 0.3 is 5.97 Å². The van der Waals surface area contributed by atoms with Gasteiger partial charge in [-0.15, -0.1) is 5.16 Å². The Bertz CT molecular complexity index is 1190. The van der Waals surface area contributed by atoms with Crippen molar-refractivity contribution in [2.45, 2.75) is 144 Å². The molecule has 2 aliphatic carbocycles. The van der Waals surface area contributed by atoms with Gasteiger partial charge in [0.15, 0.2) is 0 Å². The predicted octanol–water partition coefficient (Wildman–Crippen LogP) is 10.3. The van der Waals surface area contributed by atoms with Gasteiger partial charge in [0.25, 0.3) is 0 Å². The molecule has 0 aliphatic heterocycles. The second-order valence-corrected chi connectivity index (χ2v) is 17.2. The molecule has 7 nitrogen and oxygen atoms in total. The molecule has 2 fully saturated rings. The number of aromatic nitrogens is 1. The van der Waals surface area contributed by atoms with Crippen molar-refractivity contribution in [2.75, 3.05) is 6.61 Å². The van der Waals surface area contributed by atoms with E-state index in [-0.39, 0.29) is 11.9 Å². The topological polar surface area (TPSA) is 94.2 Å². The van der Waals surface area contributed by atoms with Gasteiger partial charge in [0, 0.05) is 30.7 Å². The number of carbonyl (C=O) groups excluding carboxylic acids is 1. The molecular formula is C39H62N2O5. The third-order valence-electron chi connectivity index (χ3n) is 8.74. The Labute approximate surface area is 278 Å². The minimum absolute atomic E-state index is 0.0538. The Kier molecular flexibility index (Phi) is 13.9. The van der Waals surface area contributed by atoms with Crippen LogP contribution in [-0.4, -0.2) is 34.8 Å². The first-order valence-electron chi connectivity index (χ1n) is 17.5. The SMILES string of the molecule is CC(C)(C)CC1CC(/C=N/O)C1.CC(C)(C)CC1CC(c2cc([C@@H](CCCOCc3ccccc3)CC(=O)OC(C)(C)C)on2)C1. The summed E-state index contributed by atoms with van der Waals surface area (Å²) in [4.78, 5) is 12.6. The lowest BCUT2D eigenvalue weighted by Gasteiger charge is -2.37. The quantitative estimate of drug-likeness (QED) is 0.0771. The van der Waals surface area contributed by atoms with E-state index in [1.807, 2.05) is 39.0 Å². The first kappa shape index (κ1) is 37.8. The zero-order chi connectivity index (χ0) is 34.0. The summed E-state index contributed by atoms with van der Waals surface area (Å²) in [5.74, 6) is 3.18. The summed E-state index contributed by atoms with van der Waals surface area (Å²) >= 11 is 0. The van der Waals surface area contributed by atoms with E-state index in [0.29, 0.717) is 42.3 Å². The van der Waals surface area contributed by atoms with Crippen molar-refractivity contribution in [2.24, 2.45) is 33.7 Å². The number of rotatable bonds is 13. The molecule has 258 valence electrons. The van der Waals surface area contributed by atoms with Crippen LogP contribution in [-0.2, 0) is 20.9 Å². The average Bonchev–Trinajstić information content (AvgIpc) is 3.37. The Morgan fingerprint density at radius 1 is 0.978 bits per heavy atom. The minimum atomic E-state index is -0.499. The van der Waals surface area contributed by atoms with Gasteiger partial charge in [0.1, 0.15) is 11.4 Å². The number of nitrogens with zero attached hydrogens (tertiary/aromatic N) is 2. The summed E-state index contributed by atoms with van der Waals surface area (Å²) in [5.41, 5.74) is 2.52. The maximum absolute atomic E-state index is 12.6. The Morgan fingerprint density at radius 2 is 1.59 bits per heavy atom. The van der Waals surface area contributed by atoms with Crippen LogP contribution in [0.3, 0.4) is 0 Å². The summed E-state index contributed by atoms with van der Waals surface area (Å²) in [7, 11) is 0. The second kappa shape index (κ2) is 16.9. The molecule has 0 amide bonds. The minimum Gasteiger partial charge on any atom is -0.460 e. The normalized spacial score (nSPS) is 22.4. The second-order valence-electron chi connectivity index (χ2n) is 17.2. The maximum atomic E-state index is 12.6. The monoisotopic (exact) mass is 638 g/mol. The van der Waals surface area contributed by atoms with Gasteiger partial charge in [-0.05, 0) is 106 Å². The highest BCUT2D eigenvalue weighted by Crippen LogP contribution is 2.47. The van der Waals surface area contributed by atoms with Crippen LogP contribution in [0.2, 0.25) is 0 Å². The number of benzene rings is 1. The largest absolute Gasteiger partial charge is 0.460 e. The molecule has 2 aromatic rings. The van der Waals surface area contributed by atoms with Crippen molar-refractivity contribution < 1.29 is 24.0 Å². The van der Waals surface area contributed by atoms with Crippen LogP contribution in [0.1, 0.15) is 149 Å². The van der Waals surface area contributed by atoms with E-state index in [4.69, 9.17) is 19.2 Å². The van der Waals surface area contributed by atoms with Gasteiger partial charge in [-0.1, -0.05) is 77.0 Å². The summed E-state index contributed by atoms with van der Waals surface area (Å²) in [5, 5.41) is 15.8. The van der Waals surface area contributed by atoms with Gasteiger partial charge in [-0.2, -0.15) is 0 Å². The molecule has 2 saturated carbocycles. The molecule has 46 heavy (non-hydrogen) atoms. The fourth-order valence-corrected chi connectivity index (χ4v) is 6.86. The first-order chi connectivity index (χ1) is 21.5. The fourth-order valence-electron chi connectivity index (χ4n) is 6.86. The maximum Gasteiger partial charge on any atom is 0.307 e. The number of hydrogen-bond acceptors (Lipinski definition) is 7. The van der Waals surface area contributed by atoms with Crippen LogP contribution in [0.25, 0.3) is 0 Å². The molecule has 0 spiro atoms. The molecular weight excluding hydrogens is 576 g/mol. The zero-order valence-corrected chi connectivity index (χ0v) is 30.2. The molecule has 4 rings (SSSR count). The van der Waals surface area contributed by atoms with Gasteiger partial charge in [-0.3, -0.25) is 4.79 Å². The van der Waals surface area contributed by atoms with Crippen LogP contribution < -0.4 is 0 Å². The van der Waals surface area contributed by atoms with Gasteiger partial charge < -0.3 is 19.2 Å². The van der Waals surface area contributed by atoms with E-state index in [0.717, 1.165) is 41.7 Å². The van der Waals surface area contributed by atoms with Crippen molar-refractivity contribution in [3.8, 4) is 0 Å². The van der Waals surface area contributed by atoms with Crippen LogP contribution in [0.15, 0.2) is 46.1 Å². The van der Waals surface area contributed by atoms with E-state index in [2.05, 4.69) is 70.1 Å². The number of oxime groups is 1. The molecule has 2 aliphatic rings. The van der Waals surface area contributed by atoms with Crippen LogP contribution in [0, 0.1) is 28.6 Å². The Hall–Kier alpha value is -2.67.